The van der Waals surface area contributed by atoms with Crippen LogP contribution in [0, 0.1) is 0 Å². The van der Waals surface area contributed by atoms with E-state index in [0.29, 0.717) is 13.1 Å². The molecule has 0 spiro atoms. The Labute approximate surface area is 253 Å². The van der Waals surface area contributed by atoms with E-state index in [-0.39, 0.29) is 57.9 Å². The van der Waals surface area contributed by atoms with Crippen molar-refractivity contribution in [3.8, 4) is 0 Å². The molecule has 234 valence electrons. The summed E-state index contributed by atoms with van der Waals surface area (Å²) >= 11 is 0. The van der Waals surface area contributed by atoms with Gasteiger partial charge < -0.3 is 19.6 Å². The maximum atomic E-state index is 12.9. The molecule has 8 nitrogen and oxygen atoms in total. The average molecular weight is 583 g/mol. The minimum Gasteiger partial charge on any atom is -0.335 e. The van der Waals surface area contributed by atoms with Crippen LogP contribution in [0.4, 0.5) is 0 Å². The molecule has 42 heavy (non-hydrogen) atoms. The van der Waals surface area contributed by atoms with Crippen LogP contribution >= 0.6 is 0 Å². The summed E-state index contributed by atoms with van der Waals surface area (Å²) in [5.74, 6) is 0.169. The Morgan fingerprint density at radius 2 is 0.810 bits per heavy atom. The lowest BCUT2D eigenvalue weighted by Gasteiger charge is -2.56. The number of nitrogens with zero attached hydrogens (tertiary/aromatic N) is 4. The van der Waals surface area contributed by atoms with Crippen molar-refractivity contribution in [2.24, 2.45) is 0 Å². The second-order valence-electron chi connectivity index (χ2n) is 15.2. The van der Waals surface area contributed by atoms with Crippen LogP contribution in [0.5, 0.6) is 0 Å². The van der Waals surface area contributed by atoms with Crippen LogP contribution in [-0.2, 0) is 32.3 Å². The Morgan fingerprint density at radius 3 is 1.00 bits per heavy atom. The first-order chi connectivity index (χ1) is 19.1. The second-order valence-corrected chi connectivity index (χ2v) is 15.2. The number of rotatable bonds is 6. The molecule has 2 saturated heterocycles. The zero-order chi connectivity index (χ0) is 32.0. The van der Waals surface area contributed by atoms with E-state index in [4.69, 9.17) is 0 Å². The van der Waals surface area contributed by atoms with Crippen molar-refractivity contribution in [3.63, 3.8) is 0 Å². The maximum Gasteiger partial charge on any atom is 0.220 e. The topological polar surface area (TPSA) is 81.2 Å². The molecular weight excluding hydrogens is 528 g/mol. The lowest BCUT2D eigenvalue weighted by molar-refractivity contribution is -0.154. The zero-order valence-corrected chi connectivity index (χ0v) is 28.1. The molecular formula is C34H54N4O4. The summed E-state index contributed by atoms with van der Waals surface area (Å²) in [6.45, 7) is 24.2. The van der Waals surface area contributed by atoms with Crippen LogP contribution in [0.15, 0.2) is 24.3 Å². The number of piperidine rings is 2. The quantitative estimate of drug-likeness (QED) is 0.442. The predicted octanol–water partition coefficient (Wildman–Crippen LogP) is 5.52. The predicted molar refractivity (Wildman–Crippen MR) is 166 cm³/mol. The van der Waals surface area contributed by atoms with Gasteiger partial charge in [0.05, 0.1) is 0 Å². The van der Waals surface area contributed by atoms with Gasteiger partial charge in [-0.2, -0.15) is 0 Å². The SMILES string of the molecule is CC(=O)N(Cc1ccc(CN(C(C)=O)C2CC(C)(C)N(C(C)=O)C(C)(C)C2)cc1)C1CC(C)(C)N(C(C)=O)C(C)(C)C1. The highest BCUT2D eigenvalue weighted by Crippen LogP contribution is 2.42. The minimum absolute atomic E-state index is 0.0172. The molecule has 0 atom stereocenters. The molecule has 8 heteroatoms. The fraction of sp³-hybridized carbons (Fsp3) is 0.706. The van der Waals surface area contributed by atoms with Gasteiger partial charge in [0.25, 0.3) is 0 Å². The summed E-state index contributed by atoms with van der Waals surface area (Å²) in [5.41, 5.74) is 0.603. The Kier molecular flexibility index (Phi) is 9.32. The van der Waals surface area contributed by atoms with E-state index in [1.807, 2.05) is 19.6 Å². The van der Waals surface area contributed by atoms with Gasteiger partial charge in [-0.15, -0.1) is 0 Å². The Morgan fingerprint density at radius 1 is 0.571 bits per heavy atom. The fourth-order valence-electron chi connectivity index (χ4n) is 8.74. The summed E-state index contributed by atoms with van der Waals surface area (Å²) in [4.78, 5) is 58.6. The van der Waals surface area contributed by atoms with Crippen molar-refractivity contribution in [1.82, 2.24) is 19.6 Å². The number of likely N-dealkylation sites (tertiary alicyclic amines) is 2. The monoisotopic (exact) mass is 582 g/mol. The normalized spacial score (nSPS) is 21.5. The Balaban J connectivity index is 1.78. The van der Waals surface area contributed by atoms with E-state index in [2.05, 4.69) is 79.7 Å². The van der Waals surface area contributed by atoms with E-state index in [1.165, 1.54) is 0 Å². The largest absolute Gasteiger partial charge is 0.335 e. The van der Waals surface area contributed by atoms with Gasteiger partial charge in [-0.05, 0) is 92.2 Å². The third-order valence-electron chi connectivity index (χ3n) is 9.41. The van der Waals surface area contributed by atoms with Gasteiger partial charge in [-0.25, -0.2) is 0 Å². The summed E-state index contributed by atoms with van der Waals surface area (Å²) in [7, 11) is 0. The van der Waals surface area contributed by atoms with E-state index in [1.54, 1.807) is 27.7 Å². The van der Waals surface area contributed by atoms with E-state index >= 15 is 0 Å². The number of amides is 4. The van der Waals surface area contributed by atoms with Gasteiger partial charge in [0, 0.05) is 75.0 Å². The first kappa shape index (κ1) is 33.6. The van der Waals surface area contributed by atoms with Gasteiger partial charge in [0.15, 0.2) is 0 Å². The highest BCUT2D eigenvalue weighted by molar-refractivity contribution is 5.77. The molecule has 0 saturated carbocycles. The molecule has 1 aromatic carbocycles. The van der Waals surface area contributed by atoms with Crippen LogP contribution in [0.1, 0.15) is 120 Å². The van der Waals surface area contributed by atoms with Crippen LogP contribution in [-0.4, -0.2) is 77.5 Å². The lowest BCUT2D eigenvalue weighted by atomic mass is 9.76. The standard InChI is InChI=1S/C34H54N4O4/c1-23(39)35(29-17-31(5,6)37(25(3)41)32(7,8)18-29)21-27-13-15-28(16-14-27)22-36(24(2)40)30-19-33(9,10)38(26(4)42)34(11,12)20-30/h13-16,29-30H,17-22H2,1-12H3. The molecule has 2 aliphatic rings. The number of carbonyl (C=O) groups is 4. The summed E-state index contributed by atoms with van der Waals surface area (Å²) in [6, 6.07) is 8.24. The van der Waals surface area contributed by atoms with Gasteiger partial charge in [-0.1, -0.05) is 24.3 Å². The first-order valence-electron chi connectivity index (χ1n) is 15.3. The van der Waals surface area contributed by atoms with Crippen LogP contribution in [0.3, 0.4) is 0 Å². The fourth-order valence-corrected chi connectivity index (χ4v) is 8.74. The molecule has 2 fully saturated rings. The zero-order valence-electron chi connectivity index (χ0n) is 28.1. The van der Waals surface area contributed by atoms with Crippen molar-refractivity contribution in [3.05, 3.63) is 35.4 Å². The third-order valence-corrected chi connectivity index (χ3v) is 9.41. The average Bonchev–Trinajstić information content (AvgIpc) is 2.77. The molecule has 3 rings (SSSR count). The number of hydrogen-bond donors (Lipinski definition) is 0. The molecule has 1 aromatic rings. The highest BCUT2D eigenvalue weighted by Gasteiger charge is 2.49. The molecule has 0 bridgehead atoms. The minimum atomic E-state index is -0.365. The maximum absolute atomic E-state index is 12.9. The van der Waals surface area contributed by atoms with Crippen LogP contribution < -0.4 is 0 Å². The highest BCUT2D eigenvalue weighted by atomic mass is 16.2. The second kappa shape index (κ2) is 11.6. The summed E-state index contributed by atoms with van der Waals surface area (Å²) in [5, 5.41) is 0. The molecule has 0 aromatic heterocycles. The molecule has 0 unspecified atom stereocenters. The summed E-state index contributed by atoms with van der Waals surface area (Å²) < 4.78 is 0. The molecule has 4 amide bonds. The van der Waals surface area contributed by atoms with Gasteiger partial charge in [0.2, 0.25) is 23.6 Å². The van der Waals surface area contributed by atoms with Crippen molar-refractivity contribution in [2.75, 3.05) is 0 Å². The van der Waals surface area contributed by atoms with E-state index in [9.17, 15) is 19.2 Å². The first-order valence-corrected chi connectivity index (χ1v) is 15.3. The van der Waals surface area contributed by atoms with Gasteiger partial charge in [-0.3, -0.25) is 19.2 Å². The van der Waals surface area contributed by atoms with Crippen molar-refractivity contribution in [2.45, 2.75) is 156 Å². The van der Waals surface area contributed by atoms with Gasteiger partial charge in [0.1, 0.15) is 0 Å². The van der Waals surface area contributed by atoms with Crippen molar-refractivity contribution < 1.29 is 19.2 Å². The van der Waals surface area contributed by atoms with Gasteiger partial charge >= 0.3 is 0 Å². The molecule has 2 aliphatic heterocycles. The Bertz CT molecular complexity index is 1070. The van der Waals surface area contributed by atoms with E-state index in [0.717, 1.165) is 36.8 Å². The van der Waals surface area contributed by atoms with Crippen molar-refractivity contribution >= 4 is 23.6 Å². The van der Waals surface area contributed by atoms with E-state index < -0.39 is 0 Å². The summed E-state index contributed by atoms with van der Waals surface area (Å²) in [6.07, 6.45) is 2.87. The number of carbonyl (C=O) groups excluding carboxylic acids is 4. The molecule has 2 heterocycles. The van der Waals surface area contributed by atoms with Crippen LogP contribution in [0.2, 0.25) is 0 Å². The molecule has 0 aliphatic carbocycles. The molecule has 0 radical (unpaired) electrons. The smallest absolute Gasteiger partial charge is 0.220 e. The molecule has 0 N–H and O–H groups in total. The lowest BCUT2D eigenvalue weighted by Crippen LogP contribution is -2.65. The Hall–Kier alpha value is -2.90. The third kappa shape index (κ3) is 7.00. The van der Waals surface area contributed by atoms with Crippen LogP contribution in [0.25, 0.3) is 0 Å². The number of benzene rings is 1. The number of hydrogen-bond acceptors (Lipinski definition) is 4. The van der Waals surface area contributed by atoms with Crippen molar-refractivity contribution in [1.29, 1.82) is 0 Å².